The van der Waals surface area contributed by atoms with Crippen molar-refractivity contribution < 1.29 is 25.5 Å². The van der Waals surface area contributed by atoms with Crippen molar-refractivity contribution in [2.24, 2.45) is 0 Å². The summed E-state index contributed by atoms with van der Waals surface area (Å²) in [5, 5.41) is 52.3. The van der Waals surface area contributed by atoms with E-state index in [0.717, 1.165) is 6.42 Å². The third kappa shape index (κ3) is 3.36. The fourth-order valence-corrected chi connectivity index (χ4v) is 1.65. The summed E-state index contributed by atoms with van der Waals surface area (Å²) >= 11 is 0. The average molecular weight is 236 g/mol. The van der Waals surface area contributed by atoms with Gasteiger partial charge in [-0.15, -0.1) is 0 Å². The van der Waals surface area contributed by atoms with Crippen LogP contribution in [0.4, 0.5) is 0 Å². The second kappa shape index (κ2) is 6.45. The van der Waals surface area contributed by atoms with Crippen molar-refractivity contribution in [3.05, 3.63) is 0 Å². The van der Waals surface area contributed by atoms with Crippen molar-refractivity contribution in [1.82, 2.24) is 10.6 Å². The highest BCUT2D eigenvalue weighted by molar-refractivity contribution is 4.88. The molecule has 7 nitrogen and oxygen atoms in total. The standard InChI is InChI=1S/C9H20N2O5/c12-4-5(13)6(14)7(15)8(16)9-10-2-1-3-11-9/h5-16H,1-4H2/t5-,6-,7+,8-/m0/s1. The van der Waals surface area contributed by atoms with Crippen molar-refractivity contribution in [2.75, 3.05) is 19.7 Å². The van der Waals surface area contributed by atoms with Gasteiger partial charge in [0.05, 0.1) is 12.8 Å². The van der Waals surface area contributed by atoms with E-state index in [-0.39, 0.29) is 0 Å². The van der Waals surface area contributed by atoms with E-state index >= 15 is 0 Å². The SMILES string of the molecule is OC[C@H](O)[C@H](O)[C@@H](O)[C@H](O)C1NCCCN1. The van der Waals surface area contributed by atoms with Gasteiger partial charge in [0.15, 0.2) is 0 Å². The van der Waals surface area contributed by atoms with Gasteiger partial charge in [0.2, 0.25) is 0 Å². The molecule has 0 aromatic rings. The Labute approximate surface area is 93.7 Å². The van der Waals surface area contributed by atoms with E-state index in [1.165, 1.54) is 0 Å². The molecule has 0 aromatic heterocycles. The Hall–Kier alpha value is -0.280. The largest absolute Gasteiger partial charge is 0.394 e. The normalized spacial score (nSPS) is 26.1. The predicted octanol–water partition coefficient (Wildman–Crippen LogP) is -3.67. The van der Waals surface area contributed by atoms with Gasteiger partial charge in [0, 0.05) is 0 Å². The Morgan fingerprint density at radius 2 is 1.56 bits per heavy atom. The fraction of sp³-hybridized carbons (Fsp3) is 1.00. The summed E-state index contributed by atoms with van der Waals surface area (Å²) in [6, 6.07) is 0. The summed E-state index contributed by atoms with van der Waals surface area (Å²) in [5.41, 5.74) is 0. The zero-order valence-electron chi connectivity index (χ0n) is 8.95. The molecule has 7 heteroatoms. The van der Waals surface area contributed by atoms with E-state index in [9.17, 15) is 15.3 Å². The van der Waals surface area contributed by atoms with Gasteiger partial charge in [-0.3, -0.25) is 10.6 Å². The van der Waals surface area contributed by atoms with E-state index in [1.54, 1.807) is 0 Å². The molecule has 0 aromatic carbocycles. The maximum absolute atomic E-state index is 9.73. The Morgan fingerprint density at radius 1 is 1.00 bits per heavy atom. The fourth-order valence-electron chi connectivity index (χ4n) is 1.65. The second-order valence-electron chi connectivity index (χ2n) is 3.96. The molecular weight excluding hydrogens is 216 g/mol. The summed E-state index contributed by atoms with van der Waals surface area (Å²) in [6.07, 6.45) is -5.42. The second-order valence-corrected chi connectivity index (χ2v) is 3.96. The van der Waals surface area contributed by atoms with E-state index in [1.807, 2.05) is 0 Å². The highest BCUT2D eigenvalue weighted by Gasteiger charge is 2.34. The zero-order chi connectivity index (χ0) is 12.1. The van der Waals surface area contributed by atoms with Crippen LogP contribution in [0.2, 0.25) is 0 Å². The van der Waals surface area contributed by atoms with Crippen molar-refractivity contribution in [2.45, 2.75) is 37.0 Å². The van der Waals surface area contributed by atoms with Gasteiger partial charge in [0.25, 0.3) is 0 Å². The Morgan fingerprint density at radius 3 is 2.06 bits per heavy atom. The third-order valence-corrected chi connectivity index (χ3v) is 2.70. The summed E-state index contributed by atoms with van der Waals surface area (Å²) < 4.78 is 0. The molecule has 1 heterocycles. The van der Waals surface area contributed by atoms with E-state index in [0.29, 0.717) is 13.1 Å². The van der Waals surface area contributed by atoms with Gasteiger partial charge in [0.1, 0.15) is 24.4 Å². The smallest absolute Gasteiger partial charge is 0.111 e. The molecule has 0 aliphatic carbocycles. The molecule has 0 bridgehead atoms. The molecule has 4 atom stereocenters. The topological polar surface area (TPSA) is 125 Å². The minimum atomic E-state index is -1.58. The van der Waals surface area contributed by atoms with E-state index in [2.05, 4.69) is 10.6 Å². The molecule has 16 heavy (non-hydrogen) atoms. The van der Waals surface area contributed by atoms with Crippen LogP contribution in [-0.4, -0.2) is 75.8 Å². The predicted molar refractivity (Wildman–Crippen MR) is 55.5 cm³/mol. The summed E-state index contributed by atoms with van der Waals surface area (Å²) in [7, 11) is 0. The lowest BCUT2D eigenvalue weighted by Gasteiger charge is -2.34. The van der Waals surface area contributed by atoms with Gasteiger partial charge < -0.3 is 25.5 Å². The highest BCUT2D eigenvalue weighted by Crippen LogP contribution is 2.08. The number of aliphatic hydroxyl groups excluding tert-OH is 5. The first kappa shape index (κ1) is 13.8. The molecule has 96 valence electrons. The molecule has 1 aliphatic heterocycles. The Kier molecular flexibility index (Phi) is 5.56. The van der Waals surface area contributed by atoms with Gasteiger partial charge in [-0.05, 0) is 19.5 Å². The van der Waals surface area contributed by atoms with Crippen LogP contribution in [0.5, 0.6) is 0 Å². The molecule has 1 aliphatic rings. The average Bonchev–Trinajstić information content (AvgIpc) is 2.36. The van der Waals surface area contributed by atoms with Crippen molar-refractivity contribution in [3.8, 4) is 0 Å². The molecule has 0 spiro atoms. The molecule has 0 radical (unpaired) electrons. The summed E-state index contributed by atoms with van der Waals surface area (Å²) in [4.78, 5) is 0. The summed E-state index contributed by atoms with van der Waals surface area (Å²) in [5.74, 6) is 0. The van der Waals surface area contributed by atoms with Crippen LogP contribution < -0.4 is 10.6 Å². The minimum Gasteiger partial charge on any atom is -0.394 e. The van der Waals surface area contributed by atoms with Crippen LogP contribution in [0.15, 0.2) is 0 Å². The molecular formula is C9H20N2O5. The van der Waals surface area contributed by atoms with Crippen molar-refractivity contribution in [3.63, 3.8) is 0 Å². The van der Waals surface area contributed by atoms with Crippen LogP contribution in [-0.2, 0) is 0 Å². The van der Waals surface area contributed by atoms with Crippen LogP contribution in [0.1, 0.15) is 6.42 Å². The molecule has 0 unspecified atom stereocenters. The van der Waals surface area contributed by atoms with Crippen molar-refractivity contribution >= 4 is 0 Å². The number of rotatable bonds is 5. The lowest BCUT2D eigenvalue weighted by atomic mass is 10.0. The van der Waals surface area contributed by atoms with Crippen LogP contribution in [0.25, 0.3) is 0 Å². The number of hydrogen-bond donors (Lipinski definition) is 7. The molecule has 0 amide bonds. The molecule has 7 N–H and O–H groups in total. The highest BCUT2D eigenvalue weighted by atomic mass is 16.4. The van der Waals surface area contributed by atoms with Crippen LogP contribution in [0.3, 0.4) is 0 Å². The van der Waals surface area contributed by atoms with Gasteiger partial charge in [-0.25, -0.2) is 0 Å². The van der Waals surface area contributed by atoms with E-state index < -0.39 is 37.2 Å². The van der Waals surface area contributed by atoms with E-state index in [4.69, 9.17) is 10.2 Å². The quantitative estimate of drug-likeness (QED) is 0.262. The maximum atomic E-state index is 9.73. The maximum Gasteiger partial charge on any atom is 0.111 e. The zero-order valence-corrected chi connectivity index (χ0v) is 8.95. The first-order valence-corrected chi connectivity index (χ1v) is 5.38. The monoisotopic (exact) mass is 236 g/mol. The van der Waals surface area contributed by atoms with Crippen LogP contribution in [0, 0.1) is 0 Å². The molecule has 0 saturated carbocycles. The number of hydrogen-bond acceptors (Lipinski definition) is 7. The minimum absolute atomic E-state index is 0.524. The Bertz CT molecular complexity index is 194. The van der Waals surface area contributed by atoms with Gasteiger partial charge in [-0.1, -0.05) is 0 Å². The lowest BCUT2D eigenvalue weighted by molar-refractivity contribution is -0.125. The lowest BCUT2D eigenvalue weighted by Crippen LogP contribution is -2.61. The first-order chi connectivity index (χ1) is 7.57. The Balaban J connectivity index is 2.47. The number of nitrogens with one attached hydrogen (secondary N) is 2. The molecule has 1 fully saturated rings. The molecule has 1 rings (SSSR count). The van der Waals surface area contributed by atoms with Gasteiger partial charge in [-0.2, -0.15) is 0 Å². The summed E-state index contributed by atoms with van der Waals surface area (Å²) in [6.45, 7) is 0.747. The third-order valence-electron chi connectivity index (χ3n) is 2.70. The van der Waals surface area contributed by atoms with Crippen molar-refractivity contribution in [1.29, 1.82) is 0 Å². The molecule has 1 saturated heterocycles. The first-order valence-electron chi connectivity index (χ1n) is 5.38. The number of aliphatic hydroxyl groups is 5. The van der Waals surface area contributed by atoms with Crippen LogP contribution >= 0.6 is 0 Å². The van der Waals surface area contributed by atoms with Gasteiger partial charge >= 0.3 is 0 Å².